The number of aromatic nitrogens is 1. The zero-order valence-corrected chi connectivity index (χ0v) is 12.0. The molecular formula is C15H23N3O. The van der Waals surface area contributed by atoms with E-state index in [9.17, 15) is 4.79 Å². The van der Waals surface area contributed by atoms with E-state index in [0.29, 0.717) is 13.1 Å². The zero-order chi connectivity index (χ0) is 13.9. The van der Waals surface area contributed by atoms with Crippen LogP contribution in [0.4, 0.5) is 5.82 Å². The number of hydrogen-bond acceptors (Lipinski definition) is 3. The zero-order valence-electron chi connectivity index (χ0n) is 12.0. The van der Waals surface area contributed by atoms with E-state index in [2.05, 4.69) is 42.5 Å². The van der Waals surface area contributed by atoms with Gasteiger partial charge in [0, 0.05) is 25.2 Å². The fourth-order valence-corrected chi connectivity index (χ4v) is 1.81. The Morgan fingerprint density at radius 2 is 2.05 bits per heavy atom. The summed E-state index contributed by atoms with van der Waals surface area (Å²) >= 11 is 0. The molecule has 0 spiro atoms. The minimum Gasteiger partial charge on any atom is -0.368 e. The van der Waals surface area contributed by atoms with E-state index in [1.807, 2.05) is 12.3 Å². The minimum absolute atomic E-state index is 0.129. The van der Waals surface area contributed by atoms with Crippen LogP contribution in [0.5, 0.6) is 0 Å². The molecule has 1 amide bonds. The molecule has 0 unspecified atom stereocenters. The van der Waals surface area contributed by atoms with E-state index in [1.165, 1.54) is 5.56 Å². The largest absolute Gasteiger partial charge is 0.368 e. The van der Waals surface area contributed by atoms with Gasteiger partial charge in [0.2, 0.25) is 5.91 Å². The van der Waals surface area contributed by atoms with Crippen molar-refractivity contribution in [3.05, 3.63) is 23.9 Å². The van der Waals surface area contributed by atoms with Crippen molar-refractivity contribution < 1.29 is 4.79 Å². The Morgan fingerprint density at radius 1 is 1.32 bits per heavy atom. The molecule has 0 radical (unpaired) electrons. The molecule has 1 saturated carbocycles. The van der Waals surface area contributed by atoms with Gasteiger partial charge in [-0.3, -0.25) is 4.79 Å². The van der Waals surface area contributed by atoms with Gasteiger partial charge in [0.05, 0.1) is 0 Å². The number of nitrogens with zero attached hydrogens (tertiary/aromatic N) is 1. The average Bonchev–Trinajstić information content (AvgIpc) is 3.18. The predicted octanol–water partition coefficient (Wildman–Crippen LogP) is 2.32. The van der Waals surface area contributed by atoms with Crippen molar-refractivity contribution in [3.8, 4) is 0 Å². The predicted molar refractivity (Wildman–Crippen MR) is 77.2 cm³/mol. The molecule has 0 aromatic carbocycles. The van der Waals surface area contributed by atoms with Crippen LogP contribution in [0, 0.1) is 5.92 Å². The van der Waals surface area contributed by atoms with Crippen LogP contribution in [0.3, 0.4) is 0 Å². The molecule has 0 aliphatic heterocycles. The molecule has 2 N–H and O–H groups in total. The Labute approximate surface area is 115 Å². The second kappa shape index (κ2) is 5.59. The maximum Gasteiger partial charge on any atom is 0.223 e. The molecule has 1 fully saturated rings. The fraction of sp³-hybridized carbons (Fsp3) is 0.600. The number of amides is 1. The lowest BCUT2D eigenvalue weighted by Crippen LogP contribution is -2.29. The van der Waals surface area contributed by atoms with Crippen LogP contribution in [-0.2, 0) is 10.2 Å². The first-order valence-electron chi connectivity index (χ1n) is 6.95. The molecule has 4 nitrogen and oxygen atoms in total. The van der Waals surface area contributed by atoms with Gasteiger partial charge < -0.3 is 10.6 Å². The first-order chi connectivity index (χ1) is 8.97. The van der Waals surface area contributed by atoms with Gasteiger partial charge in [0.15, 0.2) is 0 Å². The number of carbonyl (C=O) groups excluding carboxylic acids is 1. The van der Waals surface area contributed by atoms with Crippen molar-refractivity contribution in [2.24, 2.45) is 5.92 Å². The van der Waals surface area contributed by atoms with Crippen LogP contribution in [0.25, 0.3) is 0 Å². The van der Waals surface area contributed by atoms with Crippen LogP contribution in [0.15, 0.2) is 18.3 Å². The van der Waals surface area contributed by atoms with Crippen molar-refractivity contribution in [3.63, 3.8) is 0 Å². The van der Waals surface area contributed by atoms with Crippen LogP contribution >= 0.6 is 0 Å². The summed E-state index contributed by atoms with van der Waals surface area (Å²) in [4.78, 5) is 15.8. The third kappa shape index (κ3) is 4.23. The highest BCUT2D eigenvalue weighted by molar-refractivity contribution is 5.80. The van der Waals surface area contributed by atoms with E-state index in [1.54, 1.807) is 0 Å². The van der Waals surface area contributed by atoms with E-state index in [4.69, 9.17) is 0 Å². The second-order valence-corrected chi connectivity index (χ2v) is 6.17. The highest BCUT2D eigenvalue weighted by Crippen LogP contribution is 2.28. The van der Waals surface area contributed by atoms with Gasteiger partial charge >= 0.3 is 0 Å². The molecule has 1 heterocycles. The van der Waals surface area contributed by atoms with Gasteiger partial charge in [-0.15, -0.1) is 0 Å². The van der Waals surface area contributed by atoms with Crippen LogP contribution in [0.1, 0.15) is 39.2 Å². The van der Waals surface area contributed by atoms with E-state index < -0.39 is 0 Å². The summed E-state index contributed by atoms with van der Waals surface area (Å²) in [5.74, 6) is 1.33. The number of pyridine rings is 1. The third-order valence-corrected chi connectivity index (χ3v) is 3.31. The van der Waals surface area contributed by atoms with Gasteiger partial charge in [-0.2, -0.15) is 0 Å². The van der Waals surface area contributed by atoms with Crippen LogP contribution in [0.2, 0.25) is 0 Å². The first kappa shape index (κ1) is 13.8. The summed E-state index contributed by atoms with van der Waals surface area (Å²) in [6.45, 7) is 7.87. The molecular weight excluding hydrogens is 238 g/mol. The minimum atomic E-state index is 0.129. The van der Waals surface area contributed by atoms with E-state index in [-0.39, 0.29) is 17.2 Å². The van der Waals surface area contributed by atoms with Crippen molar-refractivity contribution in [1.29, 1.82) is 0 Å². The maximum atomic E-state index is 11.4. The highest BCUT2D eigenvalue weighted by atomic mass is 16.2. The lowest BCUT2D eigenvalue weighted by Gasteiger charge is -2.18. The van der Waals surface area contributed by atoms with Crippen molar-refractivity contribution in [1.82, 2.24) is 10.3 Å². The monoisotopic (exact) mass is 261 g/mol. The lowest BCUT2D eigenvalue weighted by atomic mass is 9.88. The number of rotatable bonds is 5. The van der Waals surface area contributed by atoms with E-state index >= 15 is 0 Å². The second-order valence-electron chi connectivity index (χ2n) is 6.17. The van der Waals surface area contributed by atoms with Crippen LogP contribution < -0.4 is 10.6 Å². The number of hydrogen-bond donors (Lipinski definition) is 2. The quantitative estimate of drug-likeness (QED) is 0.800. The lowest BCUT2D eigenvalue weighted by molar-refractivity contribution is -0.122. The normalized spacial score (nSPS) is 15.1. The third-order valence-electron chi connectivity index (χ3n) is 3.31. The van der Waals surface area contributed by atoms with Crippen molar-refractivity contribution >= 4 is 11.7 Å². The summed E-state index contributed by atoms with van der Waals surface area (Å²) in [6, 6.07) is 4.08. The molecule has 19 heavy (non-hydrogen) atoms. The molecule has 104 valence electrons. The molecule has 1 aliphatic rings. The van der Waals surface area contributed by atoms with Crippen molar-refractivity contribution in [2.45, 2.75) is 39.0 Å². The fourth-order valence-electron chi connectivity index (χ4n) is 1.81. The van der Waals surface area contributed by atoms with Crippen molar-refractivity contribution in [2.75, 3.05) is 18.4 Å². The standard InChI is InChI=1S/C15H23N3O/c1-15(2,3)12-6-7-13(18-10-12)16-8-9-17-14(19)11-4-5-11/h6-7,10-11H,4-5,8-9H2,1-3H3,(H,16,18)(H,17,19). The highest BCUT2D eigenvalue weighted by Gasteiger charge is 2.28. The molecule has 0 saturated heterocycles. The van der Waals surface area contributed by atoms with Gasteiger partial charge in [-0.1, -0.05) is 26.8 Å². The molecule has 1 aromatic rings. The topological polar surface area (TPSA) is 54.0 Å². The van der Waals surface area contributed by atoms with Gasteiger partial charge in [-0.25, -0.2) is 4.98 Å². The Bertz CT molecular complexity index is 430. The number of nitrogens with one attached hydrogen (secondary N) is 2. The Balaban J connectivity index is 1.72. The molecule has 0 atom stereocenters. The van der Waals surface area contributed by atoms with Gasteiger partial charge in [0.1, 0.15) is 5.82 Å². The maximum absolute atomic E-state index is 11.4. The Morgan fingerprint density at radius 3 is 2.58 bits per heavy atom. The molecule has 1 aliphatic carbocycles. The molecule has 4 heteroatoms. The average molecular weight is 261 g/mol. The summed E-state index contributed by atoms with van der Waals surface area (Å²) in [7, 11) is 0. The number of anilines is 1. The van der Waals surface area contributed by atoms with Gasteiger partial charge in [0.25, 0.3) is 0 Å². The molecule has 0 bridgehead atoms. The smallest absolute Gasteiger partial charge is 0.223 e. The Kier molecular flexibility index (Phi) is 4.08. The summed E-state index contributed by atoms with van der Waals surface area (Å²) in [5.41, 5.74) is 1.35. The summed E-state index contributed by atoms with van der Waals surface area (Å²) in [6.07, 6.45) is 4.01. The Hall–Kier alpha value is -1.58. The summed E-state index contributed by atoms with van der Waals surface area (Å²) < 4.78 is 0. The van der Waals surface area contributed by atoms with E-state index in [0.717, 1.165) is 18.7 Å². The SMILES string of the molecule is CC(C)(C)c1ccc(NCCNC(=O)C2CC2)nc1. The molecule has 2 rings (SSSR count). The first-order valence-corrected chi connectivity index (χ1v) is 6.95. The van der Waals surface area contributed by atoms with Crippen LogP contribution in [-0.4, -0.2) is 24.0 Å². The van der Waals surface area contributed by atoms with Gasteiger partial charge in [-0.05, 0) is 29.9 Å². The molecule has 1 aromatic heterocycles. The summed E-state index contributed by atoms with van der Waals surface area (Å²) in [5, 5.41) is 6.13. The number of carbonyl (C=O) groups is 1.